The minimum Gasteiger partial charge on any atom is -0.434 e. The summed E-state index contributed by atoms with van der Waals surface area (Å²) in [5.74, 6) is -0.750. The van der Waals surface area contributed by atoms with Crippen molar-refractivity contribution < 1.29 is 18.3 Å². The van der Waals surface area contributed by atoms with Crippen LogP contribution in [0.3, 0.4) is 0 Å². The van der Waals surface area contributed by atoms with Gasteiger partial charge in [-0.15, -0.1) is 0 Å². The maximum Gasteiger partial charge on any atom is 0.387 e. The first-order chi connectivity index (χ1) is 9.97. The summed E-state index contributed by atoms with van der Waals surface area (Å²) < 4.78 is 29.0. The van der Waals surface area contributed by atoms with Gasteiger partial charge in [-0.05, 0) is 36.8 Å². The number of rotatable bonds is 4. The van der Waals surface area contributed by atoms with Gasteiger partial charge in [-0.25, -0.2) is 0 Å². The first kappa shape index (κ1) is 14.8. The Bertz CT molecular complexity index is 660. The van der Waals surface area contributed by atoms with Gasteiger partial charge in [0.05, 0.1) is 16.9 Å². The van der Waals surface area contributed by atoms with Crippen molar-refractivity contribution in [3.05, 3.63) is 53.6 Å². The second-order valence-corrected chi connectivity index (χ2v) is 4.42. The number of hydrogen-bond acceptors (Lipinski definition) is 3. The quantitative estimate of drug-likeness (QED) is 0.848. The summed E-state index contributed by atoms with van der Waals surface area (Å²) in [6.07, 6.45) is 0. The smallest absolute Gasteiger partial charge is 0.387 e. The molecule has 6 heteroatoms. The molecule has 2 rings (SSSR count). The van der Waals surface area contributed by atoms with Gasteiger partial charge in [0.2, 0.25) is 0 Å². The molecule has 0 saturated carbocycles. The Morgan fingerprint density at radius 3 is 2.67 bits per heavy atom. The molecule has 21 heavy (non-hydrogen) atoms. The lowest BCUT2D eigenvalue weighted by molar-refractivity contribution is -0.0501. The first-order valence-electron chi connectivity index (χ1n) is 6.18. The van der Waals surface area contributed by atoms with E-state index in [9.17, 15) is 13.6 Å². The van der Waals surface area contributed by atoms with Crippen LogP contribution in [0.4, 0.5) is 20.2 Å². The molecule has 0 aliphatic carbocycles. The van der Waals surface area contributed by atoms with E-state index in [1.165, 1.54) is 18.2 Å². The molecule has 2 aromatic carbocycles. The molecule has 0 fully saturated rings. The van der Waals surface area contributed by atoms with Crippen LogP contribution in [0.5, 0.6) is 5.75 Å². The highest BCUT2D eigenvalue weighted by Crippen LogP contribution is 2.24. The van der Waals surface area contributed by atoms with Crippen molar-refractivity contribution in [2.75, 3.05) is 11.1 Å². The lowest BCUT2D eigenvalue weighted by atomic mass is 10.1. The van der Waals surface area contributed by atoms with Gasteiger partial charge >= 0.3 is 6.61 Å². The molecule has 0 radical (unpaired) electrons. The molecule has 0 atom stereocenters. The fourth-order valence-electron chi connectivity index (χ4n) is 1.82. The molecule has 0 spiro atoms. The molecule has 4 nitrogen and oxygen atoms in total. The van der Waals surface area contributed by atoms with E-state index < -0.39 is 12.5 Å². The summed E-state index contributed by atoms with van der Waals surface area (Å²) in [5, 5.41) is 2.59. The van der Waals surface area contributed by atoms with Crippen LogP contribution in [0, 0.1) is 6.92 Å². The van der Waals surface area contributed by atoms with Crippen LogP contribution in [0.25, 0.3) is 0 Å². The number of carbonyl (C=O) groups is 1. The second-order valence-electron chi connectivity index (χ2n) is 4.42. The summed E-state index contributed by atoms with van der Waals surface area (Å²) >= 11 is 0. The summed E-state index contributed by atoms with van der Waals surface area (Å²) in [6.45, 7) is -1.15. The number of nitrogen functional groups attached to an aromatic ring is 1. The molecule has 0 aliphatic rings. The van der Waals surface area contributed by atoms with E-state index in [2.05, 4.69) is 10.1 Å². The van der Waals surface area contributed by atoms with Crippen molar-refractivity contribution in [1.82, 2.24) is 0 Å². The van der Waals surface area contributed by atoms with E-state index in [1.807, 2.05) is 6.92 Å². The number of nitrogens with one attached hydrogen (secondary N) is 1. The topological polar surface area (TPSA) is 64.3 Å². The van der Waals surface area contributed by atoms with Crippen molar-refractivity contribution in [2.45, 2.75) is 13.5 Å². The molecule has 3 N–H and O–H groups in total. The number of hydrogen-bond donors (Lipinski definition) is 2. The van der Waals surface area contributed by atoms with Gasteiger partial charge in [-0.2, -0.15) is 8.78 Å². The molecule has 0 heterocycles. The third kappa shape index (κ3) is 3.68. The Balaban J connectivity index is 2.26. The first-order valence-corrected chi connectivity index (χ1v) is 6.18. The van der Waals surface area contributed by atoms with E-state index in [4.69, 9.17) is 5.73 Å². The second kappa shape index (κ2) is 6.21. The molecule has 0 bridgehead atoms. The average molecular weight is 292 g/mol. The standard InChI is InChI=1S/C15H14F2N2O2/c1-9-6-7-11(18)12(8-9)19-14(20)10-4-2-3-5-13(10)21-15(16)17/h2-8,15H,18H2,1H3,(H,19,20). The summed E-state index contributed by atoms with van der Waals surface area (Å²) in [4.78, 5) is 12.2. The van der Waals surface area contributed by atoms with Crippen molar-refractivity contribution in [3.63, 3.8) is 0 Å². The van der Waals surface area contributed by atoms with Gasteiger partial charge in [-0.1, -0.05) is 18.2 Å². The summed E-state index contributed by atoms with van der Waals surface area (Å²) in [7, 11) is 0. The van der Waals surface area contributed by atoms with Gasteiger partial charge in [0.1, 0.15) is 5.75 Å². The molecule has 2 aromatic rings. The summed E-state index contributed by atoms with van der Waals surface area (Å²) in [6, 6.07) is 10.9. The highest BCUT2D eigenvalue weighted by atomic mass is 19.3. The van der Waals surface area contributed by atoms with Gasteiger partial charge < -0.3 is 15.8 Å². The molecule has 0 aliphatic heterocycles. The van der Waals surface area contributed by atoms with E-state index in [0.717, 1.165) is 5.56 Å². The van der Waals surface area contributed by atoms with Crippen molar-refractivity contribution in [3.8, 4) is 5.75 Å². The number of amides is 1. The largest absolute Gasteiger partial charge is 0.434 e. The number of alkyl halides is 2. The third-order valence-electron chi connectivity index (χ3n) is 2.80. The van der Waals surface area contributed by atoms with Crippen LogP contribution in [0.2, 0.25) is 0 Å². The molecule has 0 saturated heterocycles. The van der Waals surface area contributed by atoms with E-state index in [1.54, 1.807) is 24.3 Å². The third-order valence-corrected chi connectivity index (χ3v) is 2.80. The number of carbonyl (C=O) groups excluding carboxylic acids is 1. The van der Waals surface area contributed by atoms with Gasteiger partial charge in [0.15, 0.2) is 0 Å². The molecule has 110 valence electrons. The van der Waals surface area contributed by atoms with Crippen LogP contribution in [0.15, 0.2) is 42.5 Å². The monoisotopic (exact) mass is 292 g/mol. The van der Waals surface area contributed by atoms with E-state index >= 15 is 0 Å². The van der Waals surface area contributed by atoms with Gasteiger partial charge in [0, 0.05) is 0 Å². The van der Waals surface area contributed by atoms with Crippen LogP contribution in [-0.2, 0) is 0 Å². The molecule has 1 amide bonds. The van der Waals surface area contributed by atoms with Crippen LogP contribution in [-0.4, -0.2) is 12.5 Å². The fourth-order valence-corrected chi connectivity index (χ4v) is 1.82. The number of aryl methyl sites for hydroxylation is 1. The molecule has 0 unspecified atom stereocenters. The number of benzene rings is 2. The minimum absolute atomic E-state index is 0.0127. The van der Waals surface area contributed by atoms with Crippen molar-refractivity contribution in [1.29, 1.82) is 0 Å². The van der Waals surface area contributed by atoms with Crippen LogP contribution < -0.4 is 15.8 Å². The zero-order chi connectivity index (χ0) is 15.4. The van der Waals surface area contributed by atoms with Gasteiger partial charge in [0.25, 0.3) is 5.91 Å². The fraction of sp³-hybridized carbons (Fsp3) is 0.133. The number of anilines is 2. The maximum atomic E-state index is 12.3. The Hall–Kier alpha value is -2.63. The summed E-state index contributed by atoms with van der Waals surface area (Å²) in [5.41, 5.74) is 7.51. The zero-order valence-electron chi connectivity index (χ0n) is 11.3. The highest BCUT2D eigenvalue weighted by molar-refractivity contribution is 6.07. The predicted octanol–water partition coefficient (Wildman–Crippen LogP) is 3.43. The zero-order valence-corrected chi connectivity index (χ0v) is 11.3. The Morgan fingerprint density at radius 2 is 1.95 bits per heavy atom. The number of para-hydroxylation sites is 1. The molecular weight excluding hydrogens is 278 g/mol. The van der Waals surface area contributed by atoms with Crippen molar-refractivity contribution in [2.24, 2.45) is 0 Å². The minimum atomic E-state index is -3.00. The van der Waals surface area contributed by atoms with Crippen LogP contribution in [0.1, 0.15) is 15.9 Å². The number of nitrogens with two attached hydrogens (primary N) is 1. The number of halogens is 2. The molecule has 0 aromatic heterocycles. The predicted molar refractivity (Wildman–Crippen MR) is 76.6 cm³/mol. The molecular formula is C15H14F2N2O2. The average Bonchev–Trinajstić information content (AvgIpc) is 2.42. The lowest BCUT2D eigenvalue weighted by Crippen LogP contribution is -2.16. The Kier molecular flexibility index (Phi) is 4.37. The lowest BCUT2D eigenvalue weighted by Gasteiger charge is -2.12. The Morgan fingerprint density at radius 1 is 1.24 bits per heavy atom. The maximum absolute atomic E-state index is 12.3. The SMILES string of the molecule is Cc1ccc(N)c(NC(=O)c2ccccc2OC(F)F)c1. The van der Waals surface area contributed by atoms with Crippen LogP contribution >= 0.6 is 0 Å². The Labute approximate surface area is 120 Å². The normalized spacial score (nSPS) is 10.5. The van der Waals surface area contributed by atoms with Gasteiger partial charge in [-0.3, -0.25) is 4.79 Å². The van der Waals surface area contributed by atoms with E-state index in [-0.39, 0.29) is 11.3 Å². The number of ether oxygens (including phenoxy) is 1. The van der Waals surface area contributed by atoms with E-state index in [0.29, 0.717) is 11.4 Å². The highest BCUT2D eigenvalue weighted by Gasteiger charge is 2.16. The van der Waals surface area contributed by atoms with Crippen molar-refractivity contribution >= 4 is 17.3 Å².